The van der Waals surface area contributed by atoms with E-state index in [2.05, 4.69) is 59.9 Å². The van der Waals surface area contributed by atoms with Gasteiger partial charge in [0.15, 0.2) is 0 Å². The first-order chi connectivity index (χ1) is 14.3. The van der Waals surface area contributed by atoms with Gasteiger partial charge in [-0.25, -0.2) is 0 Å². The van der Waals surface area contributed by atoms with E-state index in [-0.39, 0.29) is 11.8 Å². The summed E-state index contributed by atoms with van der Waals surface area (Å²) < 4.78 is 0. The number of carbonyl (C=O) groups is 1. The fraction of sp³-hybridized carbons (Fsp3) is 0.0741. The summed E-state index contributed by atoms with van der Waals surface area (Å²) in [6.45, 7) is 0. The van der Waals surface area contributed by atoms with Crippen molar-refractivity contribution >= 4 is 11.6 Å². The van der Waals surface area contributed by atoms with Crippen LogP contribution < -0.4 is 5.32 Å². The van der Waals surface area contributed by atoms with Gasteiger partial charge in [0, 0.05) is 11.6 Å². The minimum absolute atomic E-state index is 0.0106. The van der Waals surface area contributed by atoms with Crippen molar-refractivity contribution in [1.82, 2.24) is 0 Å². The number of amides is 1. The number of carbonyl (C=O) groups excluding carboxylic acids is 1. The molecule has 0 radical (unpaired) electrons. The first kappa shape index (κ1) is 18.7. The molecule has 1 N–H and O–H groups in total. The summed E-state index contributed by atoms with van der Waals surface area (Å²) in [5, 5.41) is 3.14. The summed E-state index contributed by atoms with van der Waals surface area (Å²) in [7, 11) is 0. The fourth-order valence-corrected chi connectivity index (χ4v) is 3.68. The Hall–Kier alpha value is -3.65. The monoisotopic (exact) mass is 377 g/mol. The summed E-state index contributed by atoms with van der Waals surface area (Å²) in [5.74, 6) is 0.0362. The summed E-state index contributed by atoms with van der Waals surface area (Å²) >= 11 is 0. The lowest BCUT2D eigenvalue weighted by Crippen LogP contribution is -2.17. The van der Waals surface area contributed by atoms with Gasteiger partial charge in [0.25, 0.3) is 0 Å². The van der Waals surface area contributed by atoms with Gasteiger partial charge in [-0.2, -0.15) is 0 Å². The van der Waals surface area contributed by atoms with E-state index >= 15 is 0 Å². The van der Waals surface area contributed by atoms with Crippen molar-refractivity contribution in [1.29, 1.82) is 0 Å². The molecule has 4 aromatic carbocycles. The number of hydrogen-bond acceptors (Lipinski definition) is 1. The molecule has 0 saturated carbocycles. The highest BCUT2D eigenvalue weighted by molar-refractivity contribution is 5.93. The quantitative estimate of drug-likeness (QED) is 0.407. The van der Waals surface area contributed by atoms with E-state index in [0.29, 0.717) is 6.42 Å². The van der Waals surface area contributed by atoms with Crippen LogP contribution in [0.15, 0.2) is 115 Å². The van der Waals surface area contributed by atoms with Crippen LogP contribution in [0, 0.1) is 0 Å². The zero-order chi connectivity index (χ0) is 19.9. The number of hydrogen-bond donors (Lipinski definition) is 1. The standard InChI is InChI=1S/C27H23NO/c29-26(20-21-12-4-1-5-13-21)28-25-19-11-10-18-24(25)27(22-14-6-2-7-15-22)23-16-8-3-9-17-23/h1-19,27H,20H2,(H,28,29). The number of anilines is 1. The second-order valence-corrected chi connectivity index (χ2v) is 7.05. The lowest BCUT2D eigenvalue weighted by molar-refractivity contribution is -0.115. The van der Waals surface area contributed by atoms with Gasteiger partial charge in [-0.3, -0.25) is 4.79 Å². The van der Waals surface area contributed by atoms with Gasteiger partial charge >= 0.3 is 0 Å². The summed E-state index contributed by atoms with van der Waals surface area (Å²) in [6, 6.07) is 38.7. The molecular formula is C27H23NO. The van der Waals surface area contributed by atoms with E-state index in [4.69, 9.17) is 0 Å². The molecule has 0 atom stereocenters. The Balaban J connectivity index is 1.68. The first-order valence-electron chi connectivity index (χ1n) is 9.84. The third-order valence-corrected chi connectivity index (χ3v) is 5.02. The number of nitrogens with one attached hydrogen (secondary N) is 1. The molecule has 1 amide bonds. The Morgan fingerprint density at radius 2 is 1.10 bits per heavy atom. The number of para-hydroxylation sites is 1. The third kappa shape index (κ3) is 4.61. The van der Waals surface area contributed by atoms with Crippen LogP contribution in [0.2, 0.25) is 0 Å². The molecular weight excluding hydrogens is 354 g/mol. The maximum Gasteiger partial charge on any atom is 0.228 e. The van der Waals surface area contributed by atoms with Crippen molar-refractivity contribution in [2.75, 3.05) is 5.32 Å². The molecule has 2 nitrogen and oxygen atoms in total. The van der Waals surface area contributed by atoms with E-state index in [1.165, 1.54) is 11.1 Å². The van der Waals surface area contributed by atoms with E-state index < -0.39 is 0 Å². The minimum Gasteiger partial charge on any atom is -0.326 e. The molecule has 142 valence electrons. The molecule has 2 heteroatoms. The van der Waals surface area contributed by atoms with Crippen LogP contribution in [0.1, 0.15) is 28.2 Å². The summed E-state index contributed by atoms with van der Waals surface area (Å²) in [6.07, 6.45) is 0.358. The van der Waals surface area contributed by atoms with Gasteiger partial charge < -0.3 is 5.32 Å². The summed E-state index contributed by atoms with van der Waals surface area (Å²) in [4.78, 5) is 12.7. The van der Waals surface area contributed by atoms with Crippen LogP contribution >= 0.6 is 0 Å². The van der Waals surface area contributed by atoms with Gasteiger partial charge in [-0.1, -0.05) is 109 Å². The topological polar surface area (TPSA) is 29.1 Å². The fourth-order valence-electron chi connectivity index (χ4n) is 3.68. The highest BCUT2D eigenvalue weighted by Gasteiger charge is 2.20. The second-order valence-electron chi connectivity index (χ2n) is 7.05. The predicted octanol–water partition coefficient (Wildman–Crippen LogP) is 6.05. The molecule has 4 rings (SSSR count). The van der Waals surface area contributed by atoms with E-state index in [0.717, 1.165) is 16.8 Å². The molecule has 0 saturated heterocycles. The molecule has 29 heavy (non-hydrogen) atoms. The molecule has 0 aromatic heterocycles. The molecule has 0 heterocycles. The molecule has 0 spiro atoms. The molecule has 0 aliphatic heterocycles. The predicted molar refractivity (Wildman–Crippen MR) is 119 cm³/mol. The van der Waals surface area contributed by atoms with Crippen LogP contribution in [-0.2, 0) is 11.2 Å². The molecule has 0 fully saturated rings. The maximum absolute atomic E-state index is 12.7. The van der Waals surface area contributed by atoms with Gasteiger partial charge in [-0.05, 0) is 28.3 Å². The van der Waals surface area contributed by atoms with Crippen LogP contribution in [0.3, 0.4) is 0 Å². The first-order valence-corrected chi connectivity index (χ1v) is 9.84. The molecule has 0 aliphatic carbocycles. The maximum atomic E-state index is 12.7. The Labute approximate surface area is 171 Å². The van der Waals surface area contributed by atoms with Gasteiger partial charge in [0.2, 0.25) is 5.91 Å². The van der Waals surface area contributed by atoms with Crippen LogP contribution in [0.4, 0.5) is 5.69 Å². The Morgan fingerprint density at radius 1 is 0.621 bits per heavy atom. The van der Waals surface area contributed by atoms with Crippen molar-refractivity contribution in [3.05, 3.63) is 138 Å². The van der Waals surface area contributed by atoms with Gasteiger partial charge in [0.05, 0.1) is 6.42 Å². The van der Waals surface area contributed by atoms with E-state index in [1.807, 2.05) is 60.7 Å². The molecule has 0 bridgehead atoms. The molecule has 4 aromatic rings. The second kappa shape index (κ2) is 9.03. The number of rotatable bonds is 6. The lowest BCUT2D eigenvalue weighted by atomic mass is 9.84. The van der Waals surface area contributed by atoms with Crippen molar-refractivity contribution in [2.45, 2.75) is 12.3 Å². The van der Waals surface area contributed by atoms with E-state index in [9.17, 15) is 4.79 Å². The lowest BCUT2D eigenvalue weighted by Gasteiger charge is -2.22. The minimum atomic E-state index is -0.0106. The smallest absolute Gasteiger partial charge is 0.228 e. The molecule has 0 unspecified atom stereocenters. The Kier molecular flexibility index (Phi) is 5.82. The largest absolute Gasteiger partial charge is 0.326 e. The average Bonchev–Trinajstić information content (AvgIpc) is 2.77. The normalized spacial score (nSPS) is 10.7. The Morgan fingerprint density at radius 3 is 1.69 bits per heavy atom. The van der Waals surface area contributed by atoms with Crippen molar-refractivity contribution < 1.29 is 4.79 Å². The number of benzene rings is 4. The zero-order valence-electron chi connectivity index (χ0n) is 16.2. The van der Waals surface area contributed by atoms with Crippen molar-refractivity contribution in [2.24, 2.45) is 0 Å². The van der Waals surface area contributed by atoms with Crippen molar-refractivity contribution in [3.63, 3.8) is 0 Å². The van der Waals surface area contributed by atoms with Crippen molar-refractivity contribution in [3.8, 4) is 0 Å². The van der Waals surface area contributed by atoms with E-state index in [1.54, 1.807) is 0 Å². The van der Waals surface area contributed by atoms with Crippen LogP contribution in [0.25, 0.3) is 0 Å². The Bertz CT molecular complexity index is 1020. The average molecular weight is 377 g/mol. The highest BCUT2D eigenvalue weighted by Crippen LogP contribution is 2.36. The van der Waals surface area contributed by atoms with Crippen LogP contribution in [-0.4, -0.2) is 5.91 Å². The highest BCUT2D eigenvalue weighted by atomic mass is 16.1. The SMILES string of the molecule is O=C(Cc1ccccc1)Nc1ccccc1C(c1ccccc1)c1ccccc1. The summed E-state index contributed by atoms with van der Waals surface area (Å²) in [5.41, 5.74) is 5.34. The van der Waals surface area contributed by atoms with Gasteiger partial charge in [-0.15, -0.1) is 0 Å². The zero-order valence-corrected chi connectivity index (χ0v) is 16.2. The van der Waals surface area contributed by atoms with Crippen LogP contribution in [0.5, 0.6) is 0 Å². The molecule has 0 aliphatic rings. The third-order valence-electron chi connectivity index (χ3n) is 5.02. The van der Waals surface area contributed by atoms with Gasteiger partial charge in [0.1, 0.15) is 0 Å².